The molecule has 0 aromatic carbocycles. The summed E-state index contributed by atoms with van der Waals surface area (Å²) in [7, 11) is 0. The third kappa shape index (κ3) is 3.64. The van der Waals surface area contributed by atoms with Crippen LogP contribution in [0.25, 0.3) is 0 Å². The molecule has 0 fully saturated rings. The molecule has 0 spiro atoms. The van der Waals surface area contributed by atoms with Gasteiger partial charge in [-0.25, -0.2) is 9.97 Å². The van der Waals surface area contributed by atoms with E-state index in [1.807, 2.05) is 13.8 Å². The zero-order chi connectivity index (χ0) is 11.3. The molecule has 1 aromatic heterocycles. The highest BCUT2D eigenvalue weighted by molar-refractivity contribution is 6.31. The fraction of sp³-hybridized carbons (Fsp3) is 0.600. The number of nitrogens with zero attached hydrogens (tertiary/aromatic N) is 2. The first kappa shape index (κ1) is 12.2. The van der Waals surface area contributed by atoms with E-state index >= 15 is 0 Å². The maximum atomic E-state index is 8.62. The summed E-state index contributed by atoms with van der Waals surface area (Å²) >= 11 is 5.93. The fourth-order valence-corrected chi connectivity index (χ4v) is 1.37. The zero-order valence-electron chi connectivity index (χ0n) is 9.05. The van der Waals surface area contributed by atoms with Gasteiger partial charge in [0.25, 0.3) is 0 Å². The molecule has 0 aliphatic rings. The second-order valence-electron chi connectivity index (χ2n) is 3.39. The Hall–Kier alpha value is -0.870. The van der Waals surface area contributed by atoms with Crippen LogP contribution in [0.15, 0.2) is 0 Å². The average Bonchev–Trinajstić information content (AvgIpc) is 2.20. The van der Waals surface area contributed by atoms with Crippen LogP contribution in [0.1, 0.15) is 24.2 Å². The van der Waals surface area contributed by atoms with Crippen LogP contribution >= 0.6 is 11.6 Å². The number of halogens is 1. The standard InChI is InChI=1S/C10H16ClN3O/c1-7-8(2)14-10(9(11)13-7)12-5-3-4-6-15/h15H,3-6H2,1-2H3,(H,12,14). The van der Waals surface area contributed by atoms with Crippen LogP contribution < -0.4 is 5.32 Å². The van der Waals surface area contributed by atoms with Gasteiger partial charge in [0.15, 0.2) is 11.0 Å². The molecular formula is C10H16ClN3O. The molecule has 0 unspecified atom stereocenters. The van der Waals surface area contributed by atoms with E-state index < -0.39 is 0 Å². The lowest BCUT2D eigenvalue weighted by Gasteiger charge is -2.08. The van der Waals surface area contributed by atoms with Gasteiger partial charge in [-0.15, -0.1) is 0 Å². The molecule has 84 valence electrons. The number of aryl methyl sites for hydroxylation is 2. The maximum Gasteiger partial charge on any atom is 0.171 e. The summed E-state index contributed by atoms with van der Waals surface area (Å²) in [6.07, 6.45) is 1.67. The fourth-order valence-electron chi connectivity index (χ4n) is 1.13. The Morgan fingerprint density at radius 1 is 1.20 bits per heavy atom. The number of aromatic nitrogens is 2. The van der Waals surface area contributed by atoms with Crippen LogP contribution in [-0.4, -0.2) is 28.2 Å². The molecule has 5 heteroatoms. The lowest BCUT2D eigenvalue weighted by molar-refractivity contribution is 0.286. The van der Waals surface area contributed by atoms with E-state index in [0.717, 1.165) is 30.8 Å². The smallest absolute Gasteiger partial charge is 0.171 e. The van der Waals surface area contributed by atoms with E-state index in [1.165, 1.54) is 0 Å². The number of nitrogens with one attached hydrogen (secondary N) is 1. The minimum atomic E-state index is 0.216. The summed E-state index contributed by atoms with van der Waals surface area (Å²) in [5, 5.41) is 12.1. The summed E-state index contributed by atoms with van der Waals surface area (Å²) in [4.78, 5) is 8.46. The van der Waals surface area contributed by atoms with E-state index in [2.05, 4.69) is 15.3 Å². The Kier molecular flexibility index (Phi) is 4.78. The van der Waals surface area contributed by atoms with Crippen molar-refractivity contribution in [2.45, 2.75) is 26.7 Å². The quantitative estimate of drug-likeness (QED) is 0.758. The molecule has 0 radical (unpaired) electrons. The van der Waals surface area contributed by atoms with Gasteiger partial charge in [0, 0.05) is 13.2 Å². The van der Waals surface area contributed by atoms with Crippen molar-refractivity contribution in [3.63, 3.8) is 0 Å². The summed E-state index contributed by atoms with van der Waals surface area (Å²) < 4.78 is 0. The largest absolute Gasteiger partial charge is 0.396 e. The Labute approximate surface area is 94.7 Å². The second kappa shape index (κ2) is 5.88. The van der Waals surface area contributed by atoms with Crippen molar-refractivity contribution < 1.29 is 5.11 Å². The molecular weight excluding hydrogens is 214 g/mol. The molecule has 1 rings (SSSR count). The van der Waals surface area contributed by atoms with Gasteiger partial charge in [0.2, 0.25) is 0 Å². The summed E-state index contributed by atoms with van der Waals surface area (Å²) in [6.45, 7) is 4.74. The van der Waals surface area contributed by atoms with Gasteiger partial charge >= 0.3 is 0 Å². The van der Waals surface area contributed by atoms with Gasteiger partial charge < -0.3 is 10.4 Å². The van der Waals surface area contributed by atoms with Crippen LogP contribution in [0.2, 0.25) is 5.15 Å². The predicted molar refractivity (Wildman–Crippen MR) is 61.3 cm³/mol. The molecule has 0 saturated carbocycles. The average molecular weight is 230 g/mol. The van der Waals surface area contributed by atoms with Crippen molar-refractivity contribution >= 4 is 17.4 Å². The van der Waals surface area contributed by atoms with E-state index in [4.69, 9.17) is 16.7 Å². The van der Waals surface area contributed by atoms with Gasteiger partial charge in [0.1, 0.15) is 0 Å². The van der Waals surface area contributed by atoms with Crippen molar-refractivity contribution in [1.82, 2.24) is 9.97 Å². The summed E-state index contributed by atoms with van der Waals surface area (Å²) in [5.74, 6) is 0.623. The minimum Gasteiger partial charge on any atom is -0.396 e. The van der Waals surface area contributed by atoms with Gasteiger partial charge in [-0.2, -0.15) is 0 Å². The topological polar surface area (TPSA) is 58.0 Å². The Bertz CT molecular complexity index is 331. The molecule has 1 heterocycles. The highest BCUT2D eigenvalue weighted by atomic mass is 35.5. The first-order valence-electron chi connectivity index (χ1n) is 5.00. The minimum absolute atomic E-state index is 0.216. The Morgan fingerprint density at radius 3 is 2.53 bits per heavy atom. The van der Waals surface area contributed by atoms with Crippen LogP contribution in [0.4, 0.5) is 5.82 Å². The molecule has 0 atom stereocenters. The molecule has 4 nitrogen and oxygen atoms in total. The number of aliphatic hydroxyl groups is 1. The first-order valence-corrected chi connectivity index (χ1v) is 5.38. The second-order valence-corrected chi connectivity index (χ2v) is 3.75. The highest BCUT2D eigenvalue weighted by Crippen LogP contribution is 2.18. The van der Waals surface area contributed by atoms with Gasteiger partial charge in [-0.3, -0.25) is 0 Å². The summed E-state index contributed by atoms with van der Waals surface area (Å²) in [5.41, 5.74) is 1.73. The number of aliphatic hydroxyl groups excluding tert-OH is 1. The molecule has 0 saturated heterocycles. The lowest BCUT2D eigenvalue weighted by atomic mass is 10.3. The molecule has 15 heavy (non-hydrogen) atoms. The van der Waals surface area contributed by atoms with Crippen LogP contribution in [0, 0.1) is 13.8 Å². The summed E-state index contributed by atoms with van der Waals surface area (Å²) in [6, 6.07) is 0. The Balaban J connectivity index is 2.57. The van der Waals surface area contributed by atoms with E-state index in [1.54, 1.807) is 0 Å². The Morgan fingerprint density at radius 2 is 1.87 bits per heavy atom. The van der Waals surface area contributed by atoms with E-state index in [0.29, 0.717) is 11.0 Å². The zero-order valence-corrected chi connectivity index (χ0v) is 9.80. The highest BCUT2D eigenvalue weighted by Gasteiger charge is 2.05. The van der Waals surface area contributed by atoms with Gasteiger partial charge in [-0.05, 0) is 26.7 Å². The van der Waals surface area contributed by atoms with Crippen molar-refractivity contribution in [3.8, 4) is 0 Å². The van der Waals surface area contributed by atoms with Crippen molar-refractivity contribution in [3.05, 3.63) is 16.5 Å². The van der Waals surface area contributed by atoms with Gasteiger partial charge in [-0.1, -0.05) is 11.6 Å². The molecule has 2 N–H and O–H groups in total. The van der Waals surface area contributed by atoms with Crippen molar-refractivity contribution in [1.29, 1.82) is 0 Å². The van der Waals surface area contributed by atoms with Crippen LogP contribution in [0.3, 0.4) is 0 Å². The molecule has 0 amide bonds. The molecule has 0 bridgehead atoms. The normalized spacial score (nSPS) is 10.4. The third-order valence-corrected chi connectivity index (χ3v) is 2.41. The number of hydrogen-bond donors (Lipinski definition) is 2. The van der Waals surface area contributed by atoms with Crippen LogP contribution in [-0.2, 0) is 0 Å². The molecule has 0 aliphatic heterocycles. The monoisotopic (exact) mass is 229 g/mol. The first-order chi connectivity index (χ1) is 7.15. The SMILES string of the molecule is Cc1nc(Cl)c(NCCCCO)nc1C. The predicted octanol–water partition coefficient (Wildman–Crippen LogP) is 1.93. The van der Waals surface area contributed by atoms with E-state index in [9.17, 15) is 0 Å². The van der Waals surface area contributed by atoms with Crippen molar-refractivity contribution in [2.75, 3.05) is 18.5 Å². The van der Waals surface area contributed by atoms with Crippen molar-refractivity contribution in [2.24, 2.45) is 0 Å². The number of anilines is 1. The molecule has 0 aliphatic carbocycles. The maximum absolute atomic E-state index is 8.62. The van der Waals surface area contributed by atoms with E-state index in [-0.39, 0.29) is 6.61 Å². The number of rotatable bonds is 5. The molecule has 1 aromatic rings. The van der Waals surface area contributed by atoms with Crippen LogP contribution in [0.5, 0.6) is 0 Å². The van der Waals surface area contributed by atoms with Gasteiger partial charge in [0.05, 0.1) is 11.4 Å². The third-order valence-electron chi connectivity index (χ3n) is 2.14. The number of unbranched alkanes of at least 4 members (excludes halogenated alkanes) is 1. The lowest BCUT2D eigenvalue weighted by Crippen LogP contribution is -2.07. The number of hydrogen-bond acceptors (Lipinski definition) is 4.